The molecule has 0 saturated carbocycles. The minimum Gasteiger partial charge on any atom is -0.355 e. The van der Waals surface area contributed by atoms with Crippen LogP contribution in [0.15, 0.2) is 17.0 Å². The summed E-state index contributed by atoms with van der Waals surface area (Å²) in [7, 11) is 0. The lowest BCUT2D eigenvalue weighted by Crippen LogP contribution is -2.13. The van der Waals surface area contributed by atoms with Gasteiger partial charge >= 0.3 is 0 Å². The van der Waals surface area contributed by atoms with Gasteiger partial charge in [0.15, 0.2) is 0 Å². The molecule has 18 heavy (non-hydrogen) atoms. The van der Waals surface area contributed by atoms with Crippen molar-refractivity contribution in [1.29, 1.82) is 0 Å². The largest absolute Gasteiger partial charge is 0.355 e. The molecule has 0 aliphatic heterocycles. The van der Waals surface area contributed by atoms with E-state index in [4.69, 9.17) is 0 Å². The zero-order valence-corrected chi connectivity index (χ0v) is 12.3. The van der Waals surface area contributed by atoms with E-state index >= 15 is 0 Å². The van der Waals surface area contributed by atoms with Crippen molar-refractivity contribution in [3.63, 3.8) is 0 Å². The molecule has 0 radical (unpaired) electrons. The highest BCUT2D eigenvalue weighted by molar-refractivity contribution is 7.08. The average Bonchev–Trinajstić information content (AvgIpc) is 2.84. The predicted molar refractivity (Wildman–Crippen MR) is 78.4 cm³/mol. The van der Waals surface area contributed by atoms with E-state index in [0.29, 0.717) is 5.92 Å². The van der Waals surface area contributed by atoms with Crippen LogP contribution in [0.5, 0.6) is 0 Å². The normalized spacial score (nSPS) is 11.2. The molecular formula is C14H21N3S. The summed E-state index contributed by atoms with van der Waals surface area (Å²) in [6.07, 6.45) is 2.11. The molecule has 2 rings (SSSR count). The third kappa shape index (κ3) is 3.13. The first-order valence-electron chi connectivity index (χ1n) is 6.35. The molecular weight excluding hydrogens is 242 g/mol. The van der Waals surface area contributed by atoms with Crippen molar-refractivity contribution in [2.24, 2.45) is 5.92 Å². The smallest absolute Gasteiger partial charge is 0.203 e. The number of anilines is 1. The minimum atomic E-state index is 0.623. The van der Waals surface area contributed by atoms with Crippen LogP contribution in [0.2, 0.25) is 0 Å². The second-order valence-electron chi connectivity index (χ2n) is 5.19. The summed E-state index contributed by atoms with van der Waals surface area (Å²) in [5.74, 6) is 1.60. The molecule has 0 saturated heterocycles. The Labute approximate surface area is 113 Å². The lowest BCUT2D eigenvalue weighted by atomic mass is 10.2. The Bertz CT molecular complexity index is 511. The number of hydrogen-bond acceptors (Lipinski definition) is 3. The van der Waals surface area contributed by atoms with Crippen LogP contribution in [0.4, 0.5) is 5.95 Å². The topological polar surface area (TPSA) is 29.9 Å². The van der Waals surface area contributed by atoms with Crippen molar-refractivity contribution < 1.29 is 0 Å². The molecule has 0 fully saturated rings. The quantitative estimate of drug-likeness (QED) is 0.892. The Morgan fingerprint density at radius 3 is 2.72 bits per heavy atom. The summed E-state index contributed by atoms with van der Waals surface area (Å²) in [6, 6.07) is 0. The standard InChI is InChI=1S/C14H21N3S/c1-10(2)5-15-14-16-12(4)6-17(14)7-13-9-18-8-11(13)3/h6,8-10H,5,7H2,1-4H3,(H,15,16). The summed E-state index contributed by atoms with van der Waals surface area (Å²) >= 11 is 1.76. The van der Waals surface area contributed by atoms with Crippen molar-refractivity contribution in [3.05, 3.63) is 33.8 Å². The Morgan fingerprint density at radius 1 is 1.33 bits per heavy atom. The maximum Gasteiger partial charge on any atom is 0.203 e. The Kier molecular flexibility index (Phi) is 4.07. The maximum atomic E-state index is 4.55. The van der Waals surface area contributed by atoms with Gasteiger partial charge in [-0.05, 0) is 41.7 Å². The molecule has 0 aliphatic carbocycles. The van der Waals surface area contributed by atoms with E-state index in [9.17, 15) is 0 Å². The third-order valence-corrected chi connectivity index (χ3v) is 3.78. The molecule has 2 aromatic heterocycles. The molecule has 0 aliphatic rings. The number of nitrogens with one attached hydrogen (secondary N) is 1. The number of rotatable bonds is 5. The fourth-order valence-corrected chi connectivity index (χ4v) is 2.68. The molecule has 0 aromatic carbocycles. The third-order valence-electron chi connectivity index (χ3n) is 2.87. The SMILES string of the molecule is Cc1cn(Cc2cscc2C)c(NCC(C)C)n1. The Hall–Kier alpha value is -1.29. The lowest BCUT2D eigenvalue weighted by molar-refractivity contribution is 0.676. The number of thiophene rings is 1. The van der Waals surface area contributed by atoms with E-state index in [1.807, 2.05) is 6.92 Å². The molecule has 3 nitrogen and oxygen atoms in total. The van der Waals surface area contributed by atoms with Crippen molar-refractivity contribution in [3.8, 4) is 0 Å². The zero-order valence-electron chi connectivity index (χ0n) is 11.5. The molecule has 0 bridgehead atoms. The number of hydrogen-bond donors (Lipinski definition) is 1. The highest BCUT2D eigenvalue weighted by Gasteiger charge is 2.08. The Morgan fingerprint density at radius 2 is 2.11 bits per heavy atom. The molecule has 0 atom stereocenters. The molecule has 0 spiro atoms. The van der Waals surface area contributed by atoms with Gasteiger partial charge in [0.25, 0.3) is 0 Å². The first-order chi connectivity index (χ1) is 8.56. The van der Waals surface area contributed by atoms with E-state index in [1.54, 1.807) is 11.3 Å². The van der Waals surface area contributed by atoms with Crippen molar-refractivity contribution in [2.75, 3.05) is 11.9 Å². The van der Waals surface area contributed by atoms with Gasteiger partial charge in [-0.25, -0.2) is 4.98 Å². The van der Waals surface area contributed by atoms with Crippen LogP contribution >= 0.6 is 11.3 Å². The van der Waals surface area contributed by atoms with E-state index < -0.39 is 0 Å². The van der Waals surface area contributed by atoms with E-state index in [2.05, 4.69) is 52.6 Å². The first kappa shape index (κ1) is 13.1. The highest BCUT2D eigenvalue weighted by atomic mass is 32.1. The number of aromatic nitrogens is 2. The van der Waals surface area contributed by atoms with Gasteiger partial charge in [-0.3, -0.25) is 0 Å². The van der Waals surface area contributed by atoms with E-state index in [-0.39, 0.29) is 0 Å². The molecule has 4 heteroatoms. The van der Waals surface area contributed by atoms with Crippen LogP contribution in [0.25, 0.3) is 0 Å². The summed E-state index contributed by atoms with van der Waals surface area (Å²) in [5.41, 5.74) is 3.81. The first-order valence-corrected chi connectivity index (χ1v) is 7.30. The average molecular weight is 263 g/mol. The maximum absolute atomic E-state index is 4.55. The van der Waals surface area contributed by atoms with Crippen molar-refractivity contribution in [1.82, 2.24) is 9.55 Å². The predicted octanol–water partition coefficient (Wildman–Crippen LogP) is 3.68. The van der Waals surface area contributed by atoms with Gasteiger partial charge in [-0.15, -0.1) is 0 Å². The molecule has 1 N–H and O–H groups in total. The minimum absolute atomic E-state index is 0.623. The van der Waals surface area contributed by atoms with Crippen LogP contribution < -0.4 is 5.32 Å². The van der Waals surface area contributed by atoms with Crippen LogP contribution in [0.1, 0.15) is 30.7 Å². The second-order valence-corrected chi connectivity index (χ2v) is 5.93. The zero-order chi connectivity index (χ0) is 13.1. The van der Waals surface area contributed by atoms with E-state index in [1.165, 1.54) is 11.1 Å². The molecule has 2 heterocycles. The van der Waals surface area contributed by atoms with Gasteiger partial charge in [-0.1, -0.05) is 13.8 Å². The summed E-state index contributed by atoms with van der Waals surface area (Å²) in [6.45, 7) is 10.5. The summed E-state index contributed by atoms with van der Waals surface area (Å²) in [5, 5.41) is 7.83. The van der Waals surface area contributed by atoms with Crippen molar-refractivity contribution >= 4 is 17.3 Å². The van der Waals surface area contributed by atoms with E-state index in [0.717, 1.165) is 24.7 Å². The van der Waals surface area contributed by atoms with Gasteiger partial charge in [0.2, 0.25) is 5.95 Å². The summed E-state index contributed by atoms with van der Waals surface area (Å²) < 4.78 is 2.20. The van der Waals surface area contributed by atoms with Crippen LogP contribution in [-0.2, 0) is 6.54 Å². The number of imidazole rings is 1. The fourth-order valence-electron chi connectivity index (χ4n) is 1.84. The van der Waals surface area contributed by atoms with Crippen LogP contribution in [-0.4, -0.2) is 16.1 Å². The van der Waals surface area contributed by atoms with Crippen LogP contribution in [0.3, 0.4) is 0 Å². The van der Waals surface area contributed by atoms with Crippen molar-refractivity contribution in [2.45, 2.75) is 34.2 Å². The lowest BCUT2D eigenvalue weighted by Gasteiger charge is -2.11. The number of aryl methyl sites for hydroxylation is 2. The highest BCUT2D eigenvalue weighted by Crippen LogP contribution is 2.18. The van der Waals surface area contributed by atoms with Gasteiger partial charge in [-0.2, -0.15) is 11.3 Å². The van der Waals surface area contributed by atoms with Gasteiger partial charge in [0, 0.05) is 12.7 Å². The molecule has 0 unspecified atom stereocenters. The molecule has 2 aromatic rings. The van der Waals surface area contributed by atoms with Gasteiger partial charge < -0.3 is 9.88 Å². The fraction of sp³-hybridized carbons (Fsp3) is 0.500. The van der Waals surface area contributed by atoms with Gasteiger partial charge in [0.1, 0.15) is 0 Å². The Balaban J connectivity index is 2.14. The number of nitrogens with zero attached hydrogens (tertiary/aromatic N) is 2. The van der Waals surface area contributed by atoms with Crippen LogP contribution in [0, 0.1) is 19.8 Å². The van der Waals surface area contributed by atoms with Gasteiger partial charge in [0.05, 0.1) is 12.2 Å². The summed E-state index contributed by atoms with van der Waals surface area (Å²) in [4.78, 5) is 4.55. The monoisotopic (exact) mass is 263 g/mol. The molecule has 98 valence electrons. The second kappa shape index (κ2) is 5.57. The molecule has 0 amide bonds.